The molecule has 0 bridgehead atoms. The molecule has 2 nitrogen and oxygen atoms in total. The lowest BCUT2D eigenvalue weighted by molar-refractivity contribution is 0.576. The van der Waals surface area contributed by atoms with E-state index in [1.54, 1.807) is 6.08 Å². The SMILES string of the molecule is C=C/C=c1/oc2c(-c3ccc4c(c3)C(C)(C)c3ccc(-c5ccc(N(c6ccc(-c7cccc8c9c(sc78)C=CCC9)cc6)c6cccc7c6-c6ccccc6C7(C)C)cc5)cc3-4)cccc2/c1=C/C. The van der Waals surface area contributed by atoms with Crippen LogP contribution in [0.5, 0.6) is 0 Å². The van der Waals surface area contributed by atoms with Gasteiger partial charge in [-0.05, 0) is 152 Å². The summed E-state index contributed by atoms with van der Waals surface area (Å²) >= 11 is 1.93. The number of hydrogen-bond donors (Lipinski definition) is 0. The van der Waals surface area contributed by atoms with E-state index in [4.69, 9.17) is 4.42 Å². The van der Waals surface area contributed by atoms with Crippen molar-refractivity contribution in [3.05, 3.63) is 226 Å². The molecule has 10 aromatic rings. The molecule has 0 aliphatic heterocycles. The van der Waals surface area contributed by atoms with E-state index in [1.165, 1.54) is 93.0 Å². The highest BCUT2D eigenvalue weighted by Gasteiger charge is 2.38. The first-order valence-electron chi connectivity index (χ1n) is 24.7. The summed E-state index contributed by atoms with van der Waals surface area (Å²) < 4.78 is 7.89. The van der Waals surface area contributed by atoms with E-state index in [1.807, 2.05) is 17.4 Å². The molecule has 3 heteroatoms. The Labute approximate surface area is 414 Å². The molecule has 0 fully saturated rings. The Morgan fingerprint density at radius 1 is 0.571 bits per heavy atom. The summed E-state index contributed by atoms with van der Waals surface area (Å²) in [6.45, 7) is 15.4. The minimum Gasteiger partial charge on any atom is -0.455 e. The number of rotatable bonds is 7. The standard InChI is InChI=1S/C67H53NOS/c1-7-16-61-47(8-2)52-21-13-19-48(64(52)69-61)44-31-37-50-55-39-43(32-38-57(55)67(5,6)59(50)40-44)41-27-33-45(34-28-41)68(60-25-15-24-58-63(60)54-18-9-11-23-56(54)66(58,3)4)46-35-29-42(30-36-46)49-20-14-22-53-51-17-10-12-26-62(51)70-65(49)53/h7-9,11-16,18-40H,1,10,17H2,2-6H3/b47-8-,61-16+. The van der Waals surface area contributed by atoms with E-state index in [-0.39, 0.29) is 10.8 Å². The normalized spacial score (nSPS) is 15.2. The van der Waals surface area contributed by atoms with Gasteiger partial charge in [0.2, 0.25) is 0 Å². The van der Waals surface area contributed by atoms with Gasteiger partial charge >= 0.3 is 0 Å². The number of fused-ring (bicyclic) bond motifs is 10. The van der Waals surface area contributed by atoms with Crippen LogP contribution in [0.4, 0.5) is 17.1 Å². The van der Waals surface area contributed by atoms with Gasteiger partial charge in [-0.2, -0.15) is 0 Å². The second kappa shape index (κ2) is 15.9. The first-order valence-corrected chi connectivity index (χ1v) is 25.5. The van der Waals surface area contributed by atoms with Crippen molar-refractivity contribution in [2.75, 3.05) is 4.90 Å². The Hall–Kier alpha value is -7.72. The van der Waals surface area contributed by atoms with Crippen LogP contribution >= 0.6 is 11.3 Å². The molecule has 3 aliphatic rings. The minimum atomic E-state index is -0.170. The van der Waals surface area contributed by atoms with Crippen molar-refractivity contribution in [2.24, 2.45) is 0 Å². The zero-order valence-electron chi connectivity index (χ0n) is 40.4. The Bertz CT molecular complexity index is 3970. The summed E-state index contributed by atoms with van der Waals surface area (Å²) in [5.74, 6) is 0. The molecule has 2 aromatic heterocycles. The average Bonchev–Trinajstić information content (AvgIpc) is 4.09. The number of furan rings is 1. The van der Waals surface area contributed by atoms with Crippen molar-refractivity contribution in [1.82, 2.24) is 0 Å². The topological polar surface area (TPSA) is 16.4 Å². The van der Waals surface area contributed by atoms with Crippen molar-refractivity contribution in [2.45, 2.75) is 58.3 Å². The number of benzene rings is 8. The monoisotopic (exact) mass is 919 g/mol. The number of para-hydroxylation sites is 1. The van der Waals surface area contributed by atoms with E-state index < -0.39 is 0 Å². The first kappa shape index (κ1) is 42.4. The molecule has 8 aromatic carbocycles. The van der Waals surface area contributed by atoms with Crippen LogP contribution in [0.25, 0.3) is 94.9 Å². The number of aryl methyl sites for hydroxylation is 1. The largest absolute Gasteiger partial charge is 0.455 e. The fourth-order valence-corrected chi connectivity index (χ4v) is 13.5. The maximum Gasteiger partial charge on any atom is 0.143 e. The average molecular weight is 920 g/mol. The number of thiophene rings is 1. The third kappa shape index (κ3) is 6.31. The van der Waals surface area contributed by atoms with Gasteiger partial charge in [0, 0.05) is 53.5 Å². The summed E-state index contributed by atoms with van der Waals surface area (Å²) in [4.78, 5) is 3.88. The molecule has 13 rings (SSSR count). The van der Waals surface area contributed by atoms with Crippen LogP contribution in [-0.4, -0.2) is 0 Å². The second-order valence-electron chi connectivity index (χ2n) is 20.3. The van der Waals surface area contributed by atoms with Crippen molar-refractivity contribution < 1.29 is 4.42 Å². The Balaban J connectivity index is 0.890. The predicted octanol–water partition coefficient (Wildman–Crippen LogP) is 17.5. The highest BCUT2D eigenvalue weighted by atomic mass is 32.1. The van der Waals surface area contributed by atoms with Gasteiger partial charge in [-0.1, -0.05) is 174 Å². The lowest BCUT2D eigenvalue weighted by Gasteiger charge is -2.29. The van der Waals surface area contributed by atoms with Crippen molar-refractivity contribution >= 4 is 67.7 Å². The van der Waals surface area contributed by atoms with E-state index in [9.17, 15) is 0 Å². The summed E-state index contributed by atoms with van der Waals surface area (Å²) in [7, 11) is 0. The van der Waals surface area contributed by atoms with Gasteiger partial charge < -0.3 is 9.32 Å². The van der Waals surface area contributed by atoms with E-state index in [0.717, 1.165) is 56.9 Å². The molecule has 338 valence electrons. The van der Waals surface area contributed by atoms with Crippen LogP contribution in [-0.2, 0) is 17.3 Å². The van der Waals surface area contributed by atoms with Gasteiger partial charge in [-0.15, -0.1) is 11.3 Å². The van der Waals surface area contributed by atoms with Crippen LogP contribution in [0, 0.1) is 0 Å². The summed E-state index contributed by atoms with van der Waals surface area (Å²) in [6.07, 6.45) is 12.7. The van der Waals surface area contributed by atoms with Crippen molar-refractivity contribution in [3.63, 3.8) is 0 Å². The van der Waals surface area contributed by atoms with E-state index in [0.29, 0.717) is 0 Å². The molecule has 0 unspecified atom stereocenters. The molecule has 0 spiro atoms. The minimum absolute atomic E-state index is 0.114. The van der Waals surface area contributed by atoms with Crippen molar-refractivity contribution in [1.29, 1.82) is 0 Å². The molecule has 0 radical (unpaired) electrons. The van der Waals surface area contributed by atoms with Crippen LogP contribution in [0.1, 0.15) is 73.7 Å². The fourth-order valence-electron chi connectivity index (χ4n) is 12.2. The van der Waals surface area contributed by atoms with Crippen LogP contribution in [0.2, 0.25) is 0 Å². The third-order valence-corrected chi connectivity index (χ3v) is 17.0. The van der Waals surface area contributed by atoms with Crippen LogP contribution in [0.3, 0.4) is 0 Å². The molecule has 0 amide bonds. The van der Waals surface area contributed by atoms with Crippen LogP contribution in [0.15, 0.2) is 187 Å². The maximum absolute atomic E-state index is 6.51. The molecular weight excluding hydrogens is 867 g/mol. The molecule has 0 atom stereocenters. The summed E-state index contributed by atoms with van der Waals surface area (Å²) in [6, 6.07) is 61.7. The number of anilines is 3. The molecule has 70 heavy (non-hydrogen) atoms. The highest BCUT2D eigenvalue weighted by molar-refractivity contribution is 7.20. The molecular formula is C67H53NOS. The summed E-state index contributed by atoms with van der Waals surface area (Å²) in [5, 5.41) is 3.62. The van der Waals surface area contributed by atoms with Gasteiger partial charge in [0.1, 0.15) is 11.0 Å². The van der Waals surface area contributed by atoms with E-state index in [2.05, 4.69) is 228 Å². The molecule has 3 aliphatic carbocycles. The lowest BCUT2D eigenvalue weighted by atomic mass is 9.81. The number of nitrogens with zero attached hydrogens (tertiary/aromatic N) is 1. The number of hydrogen-bond acceptors (Lipinski definition) is 3. The zero-order valence-corrected chi connectivity index (χ0v) is 41.2. The second-order valence-corrected chi connectivity index (χ2v) is 21.3. The Kier molecular flexibility index (Phi) is 9.64. The Morgan fingerprint density at radius 2 is 1.23 bits per heavy atom. The highest BCUT2D eigenvalue weighted by Crippen LogP contribution is 2.55. The number of allylic oxidation sites excluding steroid dienone is 2. The molecule has 0 saturated heterocycles. The van der Waals surface area contributed by atoms with Gasteiger partial charge in [0.25, 0.3) is 0 Å². The predicted molar refractivity (Wildman–Crippen MR) is 299 cm³/mol. The Morgan fingerprint density at radius 3 is 2.01 bits per heavy atom. The van der Waals surface area contributed by atoms with Gasteiger partial charge in [0.15, 0.2) is 0 Å². The van der Waals surface area contributed by atoms with Crippen molar-refractivity contribution in [3.8, 4) is 55.6 Å². The molecule has 2 heterocycles. The summed E-state index contributed by atoms with van der Waals surface area (Å²) in [5.41, 5.74) is 24.2. The zero-order chi connectivity index (χ0) is 47.5. The van der Waals surface area contributed by atoms with E-state index >= 15 is 0 Å². The molecule has 0 saturated carbocycles. The first-order chi connectivity index (χ1) is 34.1. The maximum atomic E-state index is 6.51. The third-order valence-electron chi connectivity index (χ3n) is 15.7. The smallest absolute Gasteiger partial charge is 0.143 e. The lowest BCUT2D eigenvalue weighted by Crippen LogP contribution is -2.18. The molecule has 0 N–H and O–H groups in total. The van der Waals surface area contributed by atoms with Gasteiger partial charge in [0.05, 0.1) is 5.69 Å². The van der Waals surface area contributed by atoms with Gasteiger partial charge in [-0.3, -0.25) is 0 Å². The van der Waals surface area contributed by atoms with Crippen LogP contribution < -0.4 is 15.5 Å². The fraction of sp³-hybridized carbons (Fsp3) is 0.134. The van der Waals surface area contributed by atoms with Gasteiger partial charge in [-0.25, -0.2) is 0 Å². The quantitative estimate of drug-likeness (QED) is 0.158.